The number of halogens is 1. The Morgan fingerprint density at radius 3 is 2.62 bits per heavy atom. The van der Waals surface area contributed by atoms with Crippen molar-refractivity contribution in [2.75, 3.05) is 0 Å². The number of hydrogen-bond donors (Lipinski definition) is 1. The molecule has 21 heavy (non-hydrogen) atoms. The third kappa shape index (κ3) is 3.47. The highest BCUT2D eigenvalue weighted by Gasteiger charge is 2.26. The number of nitrogens with zero attached hydrogens (tertiary/aromatic N) is 2. The van der Waals surface area contributed by atoms with Gasteiger partial charge in [-0.2, -0.15) is 0 Å². The Balaban J connectivity index is 1.75. The monoisotopic (exact) mass is 303 g/mol. The summed E-state index contributed by atoms with van der Waals surface area (Å²) in [7, 11) is 2.04. The molecule has 0 spiro atoms. The number of hydrogen-bond acceptors (Lipinski definition) is 2. The van der Waals surface area contributed by atoms with Crippen molar-refractivity contribution < 1.29 is 0 Å². The van der Waals surface area contributed by atoms with Crippen molar-refractivity contribution in [1.82, 2.24) is 14.9 Å². The molecule has 1 heterocycles. The van der Waals surface area contributed by atoms with Crippen LogP contribution in [0.5, 0.6) is 0 Å². The molecule has 1 aliphatic rings. The van der Waals surface area contributed by atoms with E-state index >= 15 is 0 Å². The lowest BCUT2D eigenvalue weighted by atomic mass is 9.91. The van der Waals surface area contributed by atoms with E-state index in [1.807, 2.05) is 31.7 Å². The van der Waals surface area contributed by atoms with Crippen LogP contribution >= 0.6 is 11.6 Å². The summed E-state index contributed by atoms with van der Waals surface area (Å²) in [4.78, 5) is 4.19. The van der Waals surface area contributed by atoms with Gasteiger partial charge in [-0.15, -0.1) is 0 Å². The van der Waals surface area contributed by atoms with Crippen LogP contribution in [0.2, 0.25) is 5.02 Å². The maximum Gasteiger partial charge on any atom is 0.0945 e. The molecule has 1 unspecified atom stereocenters. The topological polar surface area (TPSA) is 29.9 Å². The van der Waals surface area contributed by atoms with Gasteiger partial charge < -0.3 is 9.88 Å². The predicted molar refractivity (Wildman–Crippen MR) is 86.2 cm³/mol. The molecule has 2 aromatic rings. The molecule has 3 nitrogen and oxygen atoms in total. The lowest BCUT2D eigenvalue weighted by Crippen LogP contribution is -2.27. The molecule has 3 rings (SSSR count). The van der Waals surface area contributed by atoms with Crippen LogP contribution in [0.1, 0.15) is 43.0 Å². The Morgan fingerprint density at radius 1 is 1.29 bits per heavy atom. The summed E-state index contributed by atoms with van der Waals surface area (Å²) in [6.07, 6.45) is 9.10. The maximum absolute atomic E-state index is 6.02. The van der Waals surface area contributed by atoms with Gasteiger partial charge in [-0.25, -0.2) is 4.98 Å². The Morgan fingerprint density at radius 2 is 2.00 bits per heavy atom. The zero-order valence-corrected chi connectivity index (χ0v) is 13.2. The minimum Gasteiger partial charge on any atom is -0.337 e. The second-order valence-electron chi connectivity index (χ2n) is 5.95. The van der Waals surface area contributed by atoms with Crippen LogP contribution in [0.4, 0.5) is 0 Å². The van der Waals surface area contributed by atoms with Crippen LogP contribution in [-0.4, -0.2) is 9.55 Å². The number of aromatic nitrogens is 2. The molecule has 1 N–H and O–H groups in total. The van der Waals surface area contributed by atoms with Gasteiger partial charge in [0.05, 0.1) is 12.0 Å². The fourth-order valence-corrected chi connectivity index (χ4v) is 3.41. The second-order valence-corrected chi connectivity index (χ2v) is 6.39. The van der Waals surface area contributed by atoms with Gasteiger partial charge in [-0.05, 0) is 36.5 Å². The van der Waals surface area contributed by atoms with Crippen LogP contribution in [0.3, 0.4) is 0 Å². The molecule has 4 heteroatoms. The summed E-state index contributed by atoms with van der Waals surface area (Å²) in [6, 6.07) is 8.69. The number of nitrogens with one attached hydrogen (secondary N) is 1. The van der Waals surface area contributed by atoms with Crippen LogP contribution in [0.15, 0.2) is 36.8 Å². The van der Waals surface area contributed by atoms with Crippen LogP contribution in [0, 0.1) is 5.92 Å². The molecule has 1 aromatic carbocycles. The number of aryl methyl sites for hydroxylation is 1. The number of benzene rings is 1. The number of imidazole rings is 1. The molecule has 0 bridgehead atoms. The van der Waals surface area contributed by atoms with Crippen LogP contribution in [0.25, 0.3) is 0 Å². The highest BCUT2D eigenvalue weighted by molar-refractivity contribution is 6.30. The molecule has 0 aliphatic heterocycles. The van der Waals surface area contributed by atoms with Crippen molar-refractivity contribution in [1.29, 1.82) is 0 Å². The molecule has 1 saturated carbocycles. The average molecular weight is 304 g/mol. The van der Waals surface area contributed by atoms with Crippen molar-refractivity contribution in [3.63, 3.8) is 0 Å². The summed E-state index contributed by atoms with van der Waals surface area (Å²) in [5.41, 5.74) is 2.56. The fraction of sp³-hybridized carbons (Fsp3) is 0.471. The van der Waals surface area contributed by atoms with Crippen molar-refractivity contribution in [2.24, 2.45) is 13.0 Å². The Hall–Kier alpha value is -1.32. The summed E-state index contributed by atoms with van der Waals surface area (Å²) in [5.74, 6) is 0.722. The smallest absolute Gasteiger partial charge is 0.0945 e. The molecule has 1 aromatic heterocycles. The maximum atomic E-state index is 6.02. The summed E-state index contributed by atoms with van der Waals surface area (Å²) in [6.45, 7) is 0.848. The summed E-state index contributed by atoms with van der Waals surface area (Å²) >= 11 is 6.02. The van der Waals surface area contributed by atoms with Crippen LogP contribution in [-0.2, 0) is 13.6 Å². The van der Waals surface area contributed by atoms with Gasteiger partial charge >= 0.3 is 0 Å². The lowest BCUT2D eigenvalue weighted by molar-refractivity contribution is 0.363. The molecular weight excluding hydrogens is 282 g/mol. The zero-order chi connectivity index (χ0) is 14.7. The molecule has 0 saturated heterocycles. The molecule has 0 amide bonds. The van der Waals surface area contributed by atoms with E-state index in [0.717, 1.165) is 17.5 Å². The fourth-order valence-electron chi connectivity index (χ4n) is 3.29. The SMILES string of the molecule is Cn1cncc1CNC(c1ccc(Cl)cc1)C1CCCC1. The van der Waals surface area contributed by atoms with Gasteiger partial charge in [0.2, 0.25) is 0 Å². The standard InChI is InChI=1S/C17H22ClN3/c1-21-12-19-10-16(21)11-20-17(13-4-2-3-5-13)14-6-8-15(18)9-7-14/h6-10,12-13,17,20H,2-5,11H2,1H3. The van der Waals surface area contributed by atoms with Gasteiger partial charge in [-0.3, -0.25) is 0 Å². The Labute approximate surface area is 131 Å². The molecule has 1 atom stereocenters. The first-order valence-corrected chi connectivity index (χ1v) is 8.06. The highest BCUT2D eigenvalue weighted by atomic mass is 35.5. The molecular formula is C17H22ClN3. The highest BCUT2D eigenvalue weighted by Crippen LogP contribution is 2.36. The van der Waals surface area contributed by atoms with Crippen molar-refractivity contribution in [3.8, 4) is 0 Å². The van der Waals surface area contributed by atoms with Crippen molar-refractivity contribution in [2.45, 2.75) is 38.3 Å². The first-order chi connectivity index (χ1) is 10.2. The quantitative estimate of drug-likeness (QED) is 0.901. The molecule has 1 aliphatic carbocycles. The van der Waals surface area contributed by atoms with E-state index in [-0.39, 0.29) is 0 Å². The average Bonchev–Trinajstić information content (AvgIpc) is 3.13. The molecule has 112 valence electrons. The Kier molecular flexibility index (Phi) is 4.61. The number of rotatable bonds is 5. The predicted octanol–water partition coefficient (Wildman–Crippen LogP) is 4.09. The first kappa shape index (κ1) is 14.6. The van der Waals surface area contributed by atoms with Gasteiger partial charge in [0.25, 0.3) is 0 Å². The van der Waals surface area contributed by atoms with E-state index < -0.39 is 0 Å². The van der Waals surface area contributed by atoms with E-state index in [1.165, 1.54) is 36.9 Å². The largest absolute Gasteiger partial charge is 0.337 e. The lowest BCUT2D eigenvalue weighted by Gasteiger charge is -2.25. The second kappa shape index (κ2) is 6.63. The van der Waals surface area contributed by atoms with E-state index in [0.29, 0.717) is 6.04 Å². The van der Waals surface area contributed by atoms with Crippen molar-refractivity contribution >= 4 is 11.6 Å². The van der Waals surface area contributed by atoms with Gasteiger partial charge in [-0.1, -0.05) is 36.6 Å². The van der Waals surface area contributed by atoms with E-state index in [1.54, 1.807) is 0 Å². The zero-order valence-electron chi connectivity index (χ0n) is 12.4. The van der Waals surface area contributed by atoms with E-state index in [9.17, 15) is 0 Å². The van der Waals surface area contributed by atoms with Gasteiger partial charge in [0, 0.05) is 30.9 Å². The van der Waals surface area contributed by atoms with Crippen LogP contribution < -0.4 is 5.32 Å². The summed E-state index contributed by atoms with van der Waals surface area (Å²) in [5, 5.41) is 4.54. The first-order valence-electron chi connectivity index (χ1n) is 7.68. The molecule has 1 fully saturated rings. The van der Waals surface area contributed by atoms with E-state index in [4.69, 9.17) is 11.6 Å². The normalized spacial score (nSPS) is 17.2. The third-order valence-electron chi connectivity index (χ3n) is 4.52. The van der Waals surface area contributed by atoms with Gasteiger partial charge in [0.1, 0.15) is 0 Å². The summed E-state index contributed by atoms with van der Waals surface area (Å²) < 4.78 is 2.07. The Bertz CT molecular complexity index is 570. The third-order valence-corrected chi connectivity index (χ3v) is 4.77. The minimum absolute atomic E-state index is 0.402. The van der Waals surface area contributed by atoms with Crippen molar-refractivity contribution in [3.05, 3.63) is 53.1 Å². The van der Waals surface area contributed by atoms with E-state index in [2.05, 4.69) is 27.0 Å². The van der Waals surface area contributed by atoms with Gasteiger partial charge in [0.15, 0.2) is 0 Å². The molecule has 0 radical (unpaired) electrons. The minimum atomic E-state index is 0.402.